The summed E-state index contributed by atoms with van der Waals surface area (Å²) in [5.41, 5.74) is 1.70. The van der Waals surface area contributed by atoms with E-state index in [4.69, 9.17) is 5.11 Å². The summed E-state index contributed by atoms with van der Waals surface area (Å²) in [4.78, 5) is 26.8. The van der Waals surface area contributed by atoms with Crippen LogP contribution in [0.2, 0.25) is 0 Å². The molecule has 0 atom stereocenters. The van der Waals surface area contributed by atoms with Crippen LogP contribution in [0.15, 0.2) is 4.63 Å². The van der Waals surface area contributed by atoms with Crippen molar-refractivity contribution < 1.29 is 28.9 Å². The van der Waals surface area contributed by atoms with E-state index in [-0.39, 0.29) is 18.0 Å². The smallest absolute Gasteiger partial charge is 0.334 e. The molecule has 0 unspecified atom stereocenters. The van der Waals surface area contributed by atoms with Crippen LogP contribution in [-0.2, 0) is 21.0 Å². The number of aliphatic hydroxyl groups excluding tert-OH is 1. The summed E-state index contributed by atoms with van der Waals surface area (Å²) < 4.78 is 8.81. The molecule has 1 heterocycles. The number of rotatable bonds is 6. The van der Waals surface area contributed by atoms with Crippen LogP contribution in [0.5, 0.6) is 0 Å². The van der Waals surface area contributed by atoms with E-state index in [1.165, 1.54) is 0 Å². The van der Waals surface area contributed by atoms with Crippen molar-refractivity contribution >= 4 is 11.9 Å². The predicted molar refractivity (Wildman–Crippen MR) is 50.3 cm³/mol. The molecule has 0 aliphatic carbocycles. The summed E-state index contributed by atoms with van der Waals surface area (Å²) in [7, 11) is 0. The summed E-state index contributed by atoms with van der Waals surface area (Å²) in [6.07, 6.45) is 0. The third-order valence-electron chi connectivity index (χ3n) is 1.58. The molecular weight excluding hydrogens is 234 g/mol. The molecule has 0 aliphatic heterocycles. The van der Waals surface area contributed by atoms with Crippen molar-refractivity contribution in [3.63, 3.8) is 0 Å². The van der Waals surface area contributed by atoms with Gasteiger partial charge in [0.2, 0.25) is 0 Å². The summed E-state index contributed by atoms with van der Waals surface area (Å²) in [6, 6.07) is 0. The summed E-state index contributed by atoms with van der Waals surface area (Å²) in [6.45, 7) is 0.937. The minimum Gasteiger partial charge on any atom is -0.464 e. The Hall–Kier alpha value is -2.00. The number of aliphatic hydroxyl groups is 1. The number of aromatic nitrogens is 2. The van der Waals surface area contributed by atoms with Crippen molar-refractivity contribution in [3.8, 4) is 0 Å². The first-order chi connectivity index (χ1) is 8.19. The van der Waals surface area contributed by atoms with Gasteiger partial charge in [0.1, 0.15) is 5.69 Å². The van der Waals surface area contributed by atoms with Crippen molar-refractivity contribution in [1.82, 2.24) is 15.8 Å². The van der Waals surface area contributed by atoms with Gasteiger partial charge in [-0.15, -0.1) is 0 Å². The maximum absolute atomic E-state index is 11.4. The van der Waals surface area contributed by atoms with Crippen LogP contribution in [0, 0.1) is 0 Å². The highest BCUT2D eigenvalue weighted by Gasteiger charge is 2.17. The molecule has 2 N–H and O–H groups in total. The van der Waals surface area contributed by atoms with Crippen LogP contribution < -0.4 is 5.48 Å². The second-order valence-electron chi connectivity index (χ2n) is 2.74. The van der Waals surface area contributed by atoms with Gasteiger partial charge in [-0.3, -0.25) is 9.63 Å². The molecule has 1 amide bonds. The van der Waals surface area contributed by atoms with E-state index in [2.05, 4.69) is 24.5 Å². The first kappa shape index (κ1) is 13.1. The number of amides is 1. The Morgan fingerprint density at radius 1 is 1.47 bits per heavy atom. The molecule has 17 heavy (non-hydrogen) atoms. The van der Waals surface area contributed by atoms with Gasteiger partial charge in [0.05, 0.1) is 13.2 Å². The standard InChI is InChI=1S/C8H11N3O6/c1-2-15-6(13)4-16-11-8(14)7-5(3-12)9-17-10-7/h12H,2-4H2,1H3,(H,11,14). The van der Waals surface area contributed by atoms with Gasteiger partial charge in [0.15, 0.2) is 12.3 Å². The van der Waals surface area contributed by atoms with Gasteiger partial charge in [-0.2, -0.15) is 0 Å². The summed E-state index contributed by atoms with van der Waals surface area (Å²) in [5, 5.41) is 15.3. The summed E-state index contributed by atoms with van der Waals surface area (Å²) >= 11 is 0. The van der Waals surface area contributed by atoms with Gasteiger partial charge >= 0.3 is 5.97 Å². The first-order valence-electron chi connectivity index (χ1n) is 4.69. The molecule has 1 rings (SSSR count). The maximum atomic E-state index is 11.4. The Bertz CT molecular complexity index is 390. The molecule has 1 aromatic heterocycles. The zero-order valence-electron chi connectivity index (χ0n) is 9.00. The molecule has 0 radical (unpaired) electrons. The minimum absolute atomic E-state index is 0.0257. The molecule has 0 aromatic carbocycles. The quantitative estimate of drug-likeness (QED) is 0.472. The van der Waals surface area contributed by atoms with Crippen LogP contribution in [-0.4, -0.2) is 40.5 Å². The number of carbonyl (C=O) groups is 2. The number of nitrogens with zero attached hydrogens (tertiary/aromatic N) is 2. The van der Waals surface area contributed by atoms with Crippen LogP contribution in [0.4, 0.5) is 0 Å². The van der Waals surface area contributed by atoms with Gasteiger partial charge in [-0.1, -0.05) is 5.16 Å². The van der Waals surface area contributed by atoms with Crippen molar-refractivity contribution in [2.24, 2.45) is 0 Å². The van der Waals surface area contributed by atoms with Crippen LogP contribution >= 0.6 is 0 Å². The fourth-order valence-electron chi connectivity index (χ4n) is 0.894. The molecule has 9 nitrogen and oxygen atoms in total. The molecule has 9 heteroatoms. The molecule has 1 aromatic rings. The van der Waals surface area contributed by atoms with Crippen LogP contribution in [0.1, 0.15) is 23.1 Å². The maximum Gasteiger partial charge on any atom is 0.334 e. The number of nitrogens with one attached hydrogen (secondary N) is 1. The third-order valence-corrected chi connectivity index (χ3v) is 1.58. The highest BCUT2D eigenvalue weighted by molar-refractivity contribution is 5.92. The summed E-state index contributed by atoms with van der Waals surface area (Å²) in [5.74, 6) is -1.40. The minimum atomic E-state index is -0.778. The van der Waals surface area contributed by atoms with Crippen molar-refractivity contribution in [3.05, 3.63) is 11.4 Å². The number of hydrogen-bond donors (Lipinski definition) is 2. The van der Waals surface area contributed by atoms with Gasteiger partial charge in [0.25, 0.3) is 5.91 Å². The lowest BCUT2D eigenvalue weighted by Gasteiger charge is -2.03. The molecule has 0 fully saturated rings. The molecule has 0 spiro atoms. The normalized spacial score (nSPS) is 10.0. The largest absolute Gasteiger partial charge is 0.464 e. The number of hydrogen-bond acceptors (Lipinski definition) is 8. The highest BCUT2D eigenvalue weighted by atomic mass is 16.7. The van der Waals surface area contributed by atoms with E-state index in [1.54, 1.807) is 6.92 Å². The lowest BCUT2D eigenvalue weighted by Crippen LogP contribution is -2.28. The zero-order valence-corrected chi connectivity index (χ0v) is 9.00. The second kappa shape index (κ2) is 6.55. The lowest BCUT2D eigenvalue weighted by atomic mass is 10.3. The Morgan fingerprint density at radius 2 is 2.24 bits per heavy atom. The second-order valence-corrected chi connectivity index (χ2v) is 2.74. The Morgan fingerprint density at radius 3 is 2.88 bits per heavy atom. The number of esters is 1. The number of carbonyl (C=O) groups excluding carboxylic acids is 2. The topological polar surface area (TPSA) is 124 Å². The zero-order chi connectivity index (χ0) is 12.7. The molecule has 94 valence electrons. The average Bonchev–Trinajstić information content (AvgIpc) is 2.77. The predicted octanol–water partition coefficient (Wildman–Crippen LogP) is -1.21. The number of hydroxylamine groups is 1. The van der Waals surface area contributed by atoms with E-state index in [0.717, 1.165) is 0 Å². The van der Waals surface area contributed by atoms with E-state index in [1.807, 2.05) is 5.48 Å². The fraction of sp³-hybridized carbons (Fsp3) is 0.500. The van der Waals surface area contributed by atoms with Gasteiger partial charge in [-0.25, -0.2) is 14.9 Å². The number of ether oxygens (including phenoxy) is 1. The van der Waals surface area contributed by atoms with Crippen LogP contribution in [0.3, 0.4) is 0 Å². The van der Waals surface area contributed by atoms with E-state index in [0.29, 0.717) is 0 Å². The van der Waals surface area contributed by atoms with Crippen LogP contribution in [0.25, 0.3) is 0 Å². The van der Waals surface area contributed by atoms with Gasteiger partial charge < -0.3 is 9.84 Å². The van der Waals surface area contributed by atoms with Gasteiger partial charge in [0, 0.05) is 0 Å². The third kappa shape index (κ3) is 3.81. The fourth-order valence-corrected chi connectivity index (χ4v) is 0.894. The molecule has 0 bridgehead atoms. The van der Waals surface area contributed by atoms with E-state index < -0.39 is 25.1 Å². The monoisotopic (exact) mass is 245 g/mol. The Balaban J connectivity index is 2.37. The van der Waals surface area contributed by atoms with Crippen molar-refractivity contribution in [2.75, 3.05) is 13.2 Å². The Kier molecular flexibility index (Phi) is 5.04. The average molecular weight is 245 g/mol. The molecule has 0 saturated heterocycles. The Labute approximate surface area is 95.6 Å². The van der Waals surface area contributed by atoms with Crippen molar-refractivity contribution in [1.29, 1.82) is 0 Å². The van der Waals surface area contributed by atoms with Gasteiger partial charge in [-0.05, 0) is 12.1 Å². The van der Waals surface area contributed by atoms with E-state index in [9.17, 15) is 9.59 Å². The molecule has 0 saturated carbocycles. The van der Waals surface area contributed by atoms with Crippen molar-refractivity contribution in [2.45, 2.75) is 13.5 Å². The van der Waals surface area contributed by atoms with E-state index >= 15 is 0 Å². The lowest BCUT2D eigenvalue weighted by molar-refractivity contribution is -0.150. The first-order valence-corrected chi connectivity index (χ1v) is 4.69. The molecular formula is C8H11N3O6. The SMILES string of the molecule is CCOC(=O)CONC(=O)c1nonc1CO. The molecule has 0 aliphatic rings. The highest BCUT2D eigenvalue weighted by Crippen LogP contribution is 2.01.